The molecule has 0 aliphatic heterocycles. The average molecular weight is 404 g/mol. The van der Waals surface area contributed by atoms with Crippen LogP contribution in [-0.2, 0) is 0 Å². The number of aromatic nitrogens is 2. The lowest BCUT2D eigenvalue weighted by atomic mass is 9.80. The highest BCUT2D eigenvalue weighted by Crippen LogP contribution is 2.33. The summed E-state index contributed by atoms with van der Waals surface area (Å²) >= 11 is 0. The molecule has 0 amide bonds. The van der Waals surface area contributed by atoms with Crippen molar-refractivity contribution in [2.45, 2.75) is 0 Å². The lowest BCUT2D eigenvalue weighted by molar-refractivity contribution is 0.426. The van der Waals surface area contributed by atoms with Crippen molar-refractivity contribution in [3.8, 4) is 17.1 Å². The molecule has 0 aliphatic carbocycles. The Labute approximate surface area is 178 Å². The fourth-order valence-corrected chi connectivity index (χ4v) is 4.14. The zero-order chi connectivity index (χ0) is 20.9. The van der Waals surface area contributed by atoms with Gasteiger partial charge in [0.2, 0.25) is 0 Å². The quantitative estimate of drug-likeness (QED) is 0.432. The highest BCUT2D eigenvalue weighted by Gasteiger charge is 2.17. The summed E-state index contributed by atoms with van der Waals surface area (Å²) in [7, 11) is -1.50. The number of para-hydroxylation sites is 3. The first-order chi connectivity index (χ1) is 15.2. The largest absolute Gasteiger partial charge is 0.488 e. The molecule has 0 aliphatic rings. The molecule has 0 unspecified atom stereocenters. The van der Waals surface area contributed by atoms with Gasteiger partial charge in [0.1, 0.15) is 17.0 Å². The van der Waals surface area contributed by atoms with Crippen LogP contribution < -0.4 is 5.46 Å². The molecule has 2 heterocycles. The number of rotatable bonds is 3. The molecule has 148 valence electrons. The van der Waals surface area contributed by atoms with E-state index < -0.39 is 7.12 Å². The van der Waals surface area contributed by atoms with Crippen molar-refractivity contribution < 1.29 is 14.5 Å². The van der Waals surface area contributed by atoms with Crippen LogP contribution in [0.15, 0.2) is 95.4 Å². The third-order valence-corrected chi connectivity index (χ3v) is 5.65. The van der Waals surface area contributed by atoms with E-state index in [0.29, 0.717) is 5.46 Å². The number of fused-ring (bicyclic) bond motifs is 4. The number of furan rings is 1. The number of nitrogens with zero attached hydrogens (tertiary/aromatic N) is 2. The van der Waals surface area contributed by atoms with Crippen LogP contribution in [0.25, 0.3) is 50.0 Å². The van der Waals surface area contributed by atoms with Crippen LogP contribution in [0.3, 0.4) is 0 Å². The van der Waals surface area contributed by atoms with E-state index in [-0.39, 0.29) is 0 Å². The standard InChI is InChI=1S/C25H17BN2O3/c29-26(30)17-11-9-16(10-12-17)25-27-21-6-2-3-7-22(21)28(25)18-13-14-24-20(15-18)19-5-1-4-8-23(19)31-24/h1-15,29-30H. The molecule has 0 saturated carbocycles. The molecule has 0 bridgehead atoms. The van der Waals surface area contributed by atoms with E-state index in [0.717, 1.165) is 50.0 Å². The van der Waals surface area contributed by atoms with Gasteiger partial charge >= 0.3 is 7.12 Å². The van der Waals surface area contributed by atoms with E-state index in [2.05, 4.69) is 22.8 Å². The first kappa shape index (κ1) is 17.9. The SMILES string of the molecule is OB(O)c1ccc(-c2nc3ccccc3n2-c2ccc3oc4ccccc4c3c2)cc1. The lowest BCUT2D eigenvalue weighted by Crippen LogP contribution is -2.29. The van der Waals surface area contributed by atoms with E-state index in [1.165, 1.54) is 0 Å². The van der Waals surface area contributed by atoms with Crippen LogP contribution in [0.5, 0.6) is 0 Å². The Morgan fingerprint density at radius 1 is 0.742 bits per heavy atom. The molecule has 4 aromatic carbocycles. The predicted molar refractivity (Wildman–Crippen MR) is 124 cm³/mol. The van der Waals surface area contributed by atoms with E-state index in [1.54, 1.807) is 12.1 Å². The highest BCUT2D eigenvalue weighted by molar-refractivity contribution is 6.58. The van der Waals surface area contributed by atoms with Crippen molar-refractivity contribution in [3.05, 3.63) is 91.0 Å². The summed E-state index contributed by atoms with van der Waals surface area (Å²) in [5.74, 6) is 0.785. The van der Waals surface area contributed by atoms with Crippen LogP contribution in [0.4, 0.5) is 0 Å². The Kier molecular flexibility index (Phi) is 3.96. The molecule has 2 N–H and O–H groups in total. The van der Waals surface area contributed by atoms with Gasteiger partial charge < -0.3 is 14.5 Å². The maximum atomic E-state index is 9.42. The van der Waals surface area contributed by atoms with Crippen molar-refractivity contribution >= 4 is 45.6 Å². The first-order valence-electron chi connectivity index (χ1n) is 10.0. The van der Waals surface area contributed by atoms with Crippen molar-refractivity contribution in [2.24, 2.45) is 0 Å². The van der Waals surface area contributed by atoms with Gasteiger partial charge in [-0.05, 0) is 41.9 Å². The second-order valence-corrected chi connectivity index (χ2v) is 7.53. The second-order valence-electron chi connectivity index (χ2n) is 7.53. The molecule has 0 saturated heterocycles. The molecule has 0 fully saturated rings. The van der Waals surface area contributed by atoms with E-state index in [4.69, 9.17) is 9.40 Å². The smallest absolute Gasteiger partial charge is 0.456 e. The molecule has 6 aromatic rings. The van der Waals surface area contributed by atoms with Crippen molar-refractivity contribution in [3.63, 3.8) is 0 Å². The Balaban J connectivity index is 1.61. The molecule has 0 radical (unpaired) electrons. The van der Waals surface area contributed by atoms with Gasteiger partial charge in [0.25, 0.3) is 0 Å². The lowest BCUT2D eigenvalue weighted by Gasteiger charge is -2.10. The van der Waals surface area contributed by atoms with Crippen molar-refractivity contribution in [1.29, 1.82) is 0 Å². The minimum Gasteiger partial charge on any atom is -0.456 e. The average Bonchev–Trinajstić information content (AvgIpc) is 3.37. The summed E-state index contributed by atoms with van der Waals surface area (Å²) in [4.78, 5) is 4.88. The molecule has 0 atom stereocenters. The number of hydrogen-bond donors (Lipinski definition) is 2. The summed E-state index contributed by atoms with van der Waals surface area (Å²) in [6, 6.07) is 29.3. The van der Waals surface area contributed by atoms with Crippen LogP contribution in [-0.4, -0.2) is 26.7 Å². The Bertz CT molecular complexity index is 1570. The zero-order valence-corrected chi connectivity index (χ0v) is 16.4. The fraction of sp³-hybridized carbons (Fsp3) is 0. The third-order valence-electron chi connectivity index (χ3n) is 5.65. The van der Waals surface area contributed by atoms with Crippen LogP contribution in [0, 0.1) is 0 Å². The van der Waals surface area contributed by atoms with Crippen LogP contribution >= 0.6 is 0 Å². The van der Waals surface area contributed by atoms with Gasteiger partial charge in [0.15, 0.2) is 0 Å². The molecule has 31 heavy (non-hydrogen) atoms. The normalized spacial score (nSPS) is 11.5. The number of imidazole rings is 1. The van der Waals surface area contributed by atoms with Crippen LogP contribution in [0.1, 0.15) is 0 Å². The topological polar surface area (TPSA) is 71.4 Å². The molecular weight excluding hydrogens is 387 g/mol. The summed E-state index contributed by atoms with van der Waals surface area (Å²) in [6.45, 7) is 0. The molecule has 0 spiro atoms. The first-order valence-corrected chi connectivity index (χ1v) is 10.0. The minimum absolute atomic E-state index is 0.442. The number of benzene rings is 4. The molecule has 5 nitrogen and oxygen atoms in total. The summed E-state index contributed by atoms with van der Waals surface area (Å²) in [6.07, 6.45) is 0. The third kappa shape index (κ3) is 2.85. The summed E-state index contributed by atoms with van der Waals surface area (Å²) in [5.41, 5.74) is 5.90. The van der Waals surface area contributed by atoms with Gasteiger partial charge in [0, 0.05) is 22.0 Å². The van der Waals surface area contributed by atoms with Gasteiger partial charge in [-0.2, -0.15) is 0 Å². The van der Waals surface area contributed by atoms with E-state index in [1.807, 2.05) is 60.7 Å². The maximum absolute atomic E-state index is 9.42. The molecular formula is C25H17BN2O3. The van der Waals surface area contributed by atoms with Gasteiger partial charge in [-0.3, -0.25) is 4.57 Å². The minimum atomic E-state index is -1.50. The van der Waals surface area contributed by atoms with E-state index in [9.17, 15) is 10.0 Å². The molecule has 6 heteroatoms. The molecule has 2 aromatic heterocycles. The summed E-state index contributed by atoms with van der Waals surface area (Å²) < 4.78 is 8.12. The Morgan fingerprint density at radius 2 is 1.48 bits per heavy atom. The Morgan fingerprint density at radius 3 is 2.32 bits per heavy atom. The van der Waals surface area contributed by atoms with Crippen molar-refractivity contribution in [1.82, 2.24) is 9.55 Å². The molecule has 6 rings (SSSR count). The van der Waals surface area contributed by atoms with Gasteiger partial charge in [0.05, 0.1) is 11.0 Å². The maximum Gasteiger partial charge on any atom is 0.488 e. The number of hydrogen-bond acceptors (Lipinski definition) is 4. The zero-order valence-electron chi connectivity index (χ0n) is 16.4. The van der Waals surface area contributed by atoms with Crippen LogP contribution in [0.2, 0.25) is 0 Å². The highest BCUT2D eigenvalue weighted by atomic mass is 16.4. The second kappa shape index (κ2) is 6.84. The Hall–Kier alpha value is -3.87. The monoisotopic (exact) mass is 404 g/mol. The van der Waals surface area contributed by atoms with Gasteiger partial charge in [-0.1, -0.05) is 54.6 Å². The van der Waals surface area contributed by atoms with Crippen molar-refractivity contribution in [2.75, 3.05) is 0 Å². The predicted octanol–water partition coefficient (Wildman–Crippen LogP) is 4.27. The van der Waals surface area contributed by atoms with Gasteiger partial charge in [-0.15, -0.1) is 0 Å². The van der Waals surface area contributed by atoms with Gasteiger partial charge in [-0.25, -0.2) is 4.98 Å². The summed E-state index contributed by atoms with van der Waals surface area (Å²) in [5, 5.41) is 21.0. The van der Waals surface area contributed by atoms with E-state index >= 15 is 0 Å². The fourth-order valence-electron chi connectivity index (χ4n) is 4.14.